The van der Waals surface area contributed by atoms with Crippen molar-refractivity contribution in [3.8, 4) is 0 Å². The Morgan fingerprint density at radius 2 is 1.62 bits per heavy atom. The van der Waals surface area contributed by atoms with Crippen molar-refractivity contribution in [3.63, 3.8) is 0 Å². The van der Waals surface area contributed by atoms with Crippen molar-refractivity contribution < 1.29 is 4.90 Å². The number of hydrogen-bond donors (Lipinski definition) is 1. The lowest BCUT2D eigenvalue weighted by Crippen LogP contribution is -3.15. The third-order valence-corrected chi connectivity index (χ3v) is 5.78. The lowest BCUT2D eigenvalue weighted by atomic mass is 10.0. The van der Waals surface area contributed by atoms with E-state index in [0.29, 0.717) is 0 Å². The van der Waals surface area contributed by atoms with Gasteiger partial charge in [0.25, 0.3) is 0 Å². The molecule has 0 bridgehead atoms. The smallest absolute Gasteiger partial charge is 0.214 e. The number of hydrogen-bond acceptors (Lipinski definition) is 4. The molecule has 1 aliphatic heterocycles. The third-order valence-electron chi connectivity index (χ3n) is 5.53. The number of halogens is 1. The van der Waals surface area contributed by atoms with Crippen molar-refractivity contribution >= 4 is 17.3 Å². The van der Waals surface area contributed by atoms with Crippen molar-refractivity contribution in [1.29, 1.82) is 0 Å². The Hall–Kier alpha value is -2.44. The molecule has 3 aromatic rings. The first kappa shape index (κ1) is 19.9. The Morgan fingerprint density at radius 1 is 0.966 bits per heavy atom. The SMILES string of the molecule is CC(C)(C)n1nnnc1[C@@H](c1ccc(Cl)cc1)[NH+]1CCN(c2ccccc2)CC1. The molecule has 1 saturated heterocycles. The number of nitrogens with zero attached hydrogens (tertiary/aromatic N) is 5. The second-order valence-electron chi connectivity index (χ2n) is 8.59. The molecular formula is C22H28ClN6+. The fourth-order valence-electron chi connectivity index (χ4n) is 4.05. The average molecular weight is 412 g/mol. The normalized spacial score (nSPS) is 16.8. The summed E-state index contributed by atoms with van der Waals surface area (Å²) in [4.78, 5) is 3.93. The molecule has 152 valence electrons. The van der Waals surface area contributed by atoms with Gasteiger partial charge in [0.15, 0.2) is 6.04 Å². The number of para-hydroxylation sites is 1. The van der Waals surface area contributed by atoms with Gasteiger partial charge in [0.1, 0.15) is 0 Å². The van der Waals surface area contributed by atoms with Crippen LogP contribution in [0.4, 0.5) is 5.69 Å². The van der Waals surface area contributed by atoms with Crippen LogP contribution >= 0.6 is 11.6 Å². The van der Waals surface area contributed by atoms with E-state index in [-0.39, 0.29) is 11.6 Å². The molecule has 0 spiro atoms. The summed E-state index contributed by atoms with van der Waals surface area (Å²) in [6.45, 7) is 10.4. The third kappa shape index (κ3) is 4.28. The van der Waals surface area contributed by atoms with Crippen molar-refractivity contribution in [2.45, 2.75) is 32.4 Å². The number of tetrazole rings is 1. The molecular weight excluding hydrogens is 384 g/mol. The zero-order valence-electron chi connectivity index (χ0n) is 17.2. The summed E-state index contributed by atoms with van der Waals surface area (Å²) < 4.78 is 1.96. The molecule has 1 aromatic heterocycles. The number of quaternary nitrogens is 1. The molecule has 0 radical (unpaired) electrons. The first-order chi connectivity index (χ1) is 13.9. The van der Waals surface area contributed by atoms with Gasteiger partial charge in [-0.25, -0.2) is 4.68 Å². The van der Waals surface area contributed by atoms with Crippen LogP contribution in [-0.2, 0) is 5.54 Å². The highest BCUT2D eigenvalue weighted by molar-refractivity contribution is 6.30. The van der Waals surface area contributed by atoms with E-state index >= 15 is 0 Å². The number of benzene rings is 2. The first-order valence-electron chi connectivity index (χ1n) is 10.1. The average Bonchev–Trinajstić information content (AvgIpc) is 3.21. The lowest BCUT2D eigenvalue weighted by Gasteiger charge is -2.37. The van der Waals surface area contributed by atoms with Gasteiger partial charge in [0.05, 0.1) is 31.7 Å². The highest BCUT2D eigenvalue weighted by Gasteiger charge is 2.36. The van der Waals surface area contributed by atoms with Crippen LogP contribution in [0.15, 0.2) is 54.6 Å². The zero-order chi connectivity index (χ0) is 20.4. The fourth-order valence-corrected chi connectivity index (χ4v) is 4.18. The number of aromatic nitrogens is 4. The fraction of sp³-hybridized carbons (Fsp3) is 0.409. The Kier molecular flexibility index (Phi) is 5.56. The monoisotopic (exact) mass is 411 g/mol. The van der Waals surface area contributed by atoms with Crippen LogP contribution in [0.1, 0.15) is 38.2 Å². The molecule has 1 atom stereocenters. The minimum Gasteiger partial charge on any atom is -0.360 e. The molecule has 2 heterocycles. The van der Waals surface area contributed by atoms with E-state index < -0.39 is 0 Å². The predicted molar refractivity (Wildman–Crippen MR) is 115 cm³/mol. The summed E-state index contributed by atoms with van der Waals surface area (Å²) in [5, 5.41) is 13.5. The second-order valence-corrected chi connectivity index (χ2v) is 9.02. The first-order valence-corrected chi connectivity index (χ1v) is 10.5. The van der Waals surface area contributed by atoms with Crippen molar-refractivity contribution in [2.75, 3.05) is 31.1 Å². The van der Waals surface area contributed by atoms with Crippen molar-refractivity contribution in [3.05, 3.63) is 71.0 Å². The van der Waals surface area contributed by atoms with E-state index in [1.807, 2.05) is 16.8 Å². The van der Waals surface area contributed by atoms with Crippen molar-refractivity contribution in [1.82, 2.24) is 20.2 Å². The zero-order valence-corrected chi connectivity index (χ0v) is 18.0. The van der Waals surface area contributed by atoms with E-state index in [4.69, 9.17) is 11.6 Å². The quantitative estimate of drug-likeness (QED) is 0.717. The molecule has 0 amide bonds. The highest BCUT2D eigenvalue weighted by Crippen LogP contribution is 2.24. The van der Waals surface area contributed by atoms with Gasteiger partial charge >= 0.3 is 0 Å². The van der Waals surface area contributed by atoms with E-state index in [2.05, 4.69) is 83.7 Å². The summed E-state index contributed by atoms with van der Waals surface area (Å²) in [5.74, 6) is 0.906. The Balaban J connectivity index is 1.64. The molecule has 0 unspecified atom stereocenters. The molecule has 4 rings (SSSR count). The minimum atomic E-state index is -0.186. The Morgan fingerprint density at radius 3 is 2.24 bits per heavy atom. The maximum Gasteiger partial charge on any atom is 0.214 e. The number of rotatable bonds is 4. The molecule has 7 heteroatoms. The van der Waals surface area contributed by atoms with Gasteiger partial charge in [-0.3, -0.25) is 0 Å². The van der Waals surface area contributed by atoms with Gasteiger partial charge in [-0.05, 0) is 55.5 Å². The summed E-state index contributed by atoms with van der Waals surface area (Å²) in [7, 11) is 0. The van der Waals surface area contributed by atoms with Crippen LogP contribution in [0.5, 0.6) is 0 Å². The molecule has 2 aromatic carbocycles. The molecule has 1 fully saturated rings. The predicted octanol–water partition coefficient (Wildman–Crippen LogP) is 2.58. The number of anilines is 1. The topological polar surface area (TPSA) is 51.3 Å². The summed E-state index contributed by atoms with van der Waals surface area (Å²) in [5.41, 5.74) is 2.29. The van der Waals surface area contributed by atoms with Crippen LogP contribution in [0.3, 0.4) is 0 Å². The van der Waals surface area contributed by atoms with Gasteiger partial charge in [0, 0.05) is 16.3 Å². The van der Waals surface area contributed by atoms with Crippen LogP contribution in [0.25, 0.3) is 0 Å². The van der Waals surface area contributed by atoms with E-state index in [1.165, 1.54) is 16.2 Å². The molecule has 29 heavy (non-hydrogen) atoms. The molecule has 1 aliphatic rings. The Bertz CT molecular complexity index is 924. The summed E-state index contributed by atoms with van der Waals surface area (Å²) in [6.07, 6.45) is 0. The minimum absolute atomic E-state index is 0.0689. The molecule has 6 nitrogen and oxygen atoms in total. The largest absolute Gasteiger partial charge is 0.360 e. The Labute approximate surface area is 177 Å². The van der Waals surface area contributed by atoms with Gasteiger partial charge in [-0.15, -0.1) is 5.10 Å². The van der Waals surface area contributed by atoms with E-state index in [1.54, 1.807) is 0 Å². The van der Waals surface area contributed by atoms with Crippen molar-refractivity contribution in [2.24, 2.45) is 0 Å². The lowest BCUT2D eigenvalue weighted by molar-refractivity contribution is -0.927. The number of piperazine rings is 1. The molecule has 1 N–H and O–H groups in total. The van der Waals surface area contributed by atoms with Gasteiger partial charge < -0.3 is 9.80 Å². The van der Waals surface area contributed by atoms with Crippen LogP contribution in [0.2, 0.25) is 5.02 Å². The maximum atomic E-state index is 6.16. The molecule has 0 aliphatic carbocycles. The van der Waals surface area contributed by atoms with Gasteiger partial charge in [-0.2, -0.15) is 0 Å². The summed E-state index contributed by atoms with van der Waals surface area (Å²) >= 11 is 6.16. The summed E-state index contributed by atoms with van der Waals surface area (Å²) in [6, 6.07) is 18.8. The van der Waals surface area contributed by atoms with Crippen LogP contribution in [0, 0.1) is 0 Å². The van der Waals surface area contributed by atoms with E-state index in [9.17, 15) is 0 Å². The highest BCUT2D eigenvalue weighted by atomic mass is 35.5. The van der Waals surface area contributed by atoms with Gasteiger partial charge in [0.2, 0.25) is 5.82 Å². The van der Waals surface area contributed by atoms with Crippen LogP contribution in [-0.4, -0.2) is 46.4 Å². The molecule has 0 saturated carbocycles. The second kappa shape index (κ2) is 8.13. The standard InChI is InChI=1S/C22H27ClN6/c1-22(2,3)29-21(24-25-26-29)20(17-9-11-18(23)12-10-17)28-15-13-27(14-16-28)19-7-5-4-6-8-19/h4-12,20H,13-16H2,1-3H3/p+1/t20-/m1/s1. The van der Waals surface area contributed by atoms with Crippen LogP contribution < -0.4 is 9.80 Å². The maximum absolute atomic E-state index is 6.16. The van der Waals surface area contributed by atoms with Gasteiger partial charge in [-0.1, -0.05) is 41.9 Å². The van der Waals surface area contributed by atoms with E-state index in [0.717, 1.165) is 37.0 Å². The number of nitrogens with one attached hydrogen (secondary N) is 1.